The van der Waals surface area contributed by atoms with Crippen LogP contribution in [0, 0.1) is 6.92 Å². The van der Waals surface area contributed by atoms with Gasteiger partial charge in [-0.25, -0.2) is 4.98 Å². The van der Waals surface area contributed by atoms with Crippen molar-refractivity contribution in [1.82, 2.24) is 9.97 Å². The summed E-state index contributed by atoms with van der Waals surface area (Å²) < 4.78 is 0. The average molecular weight is 236 g/mol. The molecule has 0 unspecified atom stereocenters. The Morgan fingerprint density at radius 1 is 1.38 bits per heavy atom. The van der Waals surface area contributed by atoms with Gasteiger partial charge in [0.2, 0.25) is 5.95 Å². The highest BCUT2D eigenvalue weighted by atomic mass is 35.5. The number of H-pyrrole nitrogens is 1. The Morgan fingerprint density at radius 3 is 2.88 bits per heavy atom. The van der Waals surface area contributed by atoms with Crippen molar-refractivity contribution < 1.29 is 0 Å². The van der Waals surface area contributed by atoms with Gasteiger partial charge in [-0.2, -0.15) is 0 Å². The normalized spacial score (nSPS) is 10.1. The van der Waals surface area contributed by atoms with Gasteiger partial charge < -0.3 is 5.32 Å². The Balaban J connectivity index is 2.30. The maximum atomic E-state index is 11.2. The van der Waals surface area contributed by atoms with E-state index in [0.717, 1.165) is 5.69 Å². The number of halogens is 1. The van der Waals surface area contributed by atoms with E-state index in [1.54, 1.807) is 19.1 Å². The van der Waals surface area contributed by atoms with Crippen LogP contribution in [0.2, 0.25) is 5.02 Å². The molecule has 0 radical (unpaired) electrons. The number of aromatic amines is 1. The number of nitrogens with zero attached hydrogens (tertiary/aromatic N) is 1. The van der Waals surface area contributed by atoms with Crippen molar-refractivity contribution in [2.24, 2.45) is 0 Å². The van der Waals surface area contributed by atoms with Gasteiger partial charge in [-0.3, -0.25) is 9.78 Å². The highest BCUT2D eigenvalue weighted by molar-refractivity contribution is 6.30. The summed E-state index contributed by atoms with van der Waals surface area (Å²) in [5.74, 6) is 0.410. The molecular formula is C11H10ClN3O. The minimum atomic E-state index is -0.183. The molecule has 2 N–H and O–H groups in total. The van der Waals surface area contributed by atoms with E-state index in [9.17, 15) is 4.79 Å². The smallest absolute Gasteiger partial charge is 0.252 e. The van der Waals surface area contributed by atoms with E-state index in [-0.39, 0.29) is 5.56 Å². The Hall–Kier alpha value is -1.81. The molecule has 82 valence electrons. The zero-order chi connectivity index (χ0) is 11.5. The van der Waals surface area contributed by atoms with Crippen LogP contribution in [0.5, 0.6) is 0 Å². The summed E-state index contributed by atoms with van der Waals surface area (Å²) in [4.78, 5) is 18.0. The zero-order valence-electron chi connectivity index (χ0n) is 8.62. The van der Waals surface area contributed by atoms with Crippen molar-refractivity contribution in [2.45, 2.75) is 6.92 Å². The fraction of sp³-hybridized carbons (Fsp3) is 0.0909. The SMILES string of the molecule is Cc1cc(=O)[nH]c(Nc2cccc(Cl)c2)n1. The lowest BCUT2D eigenvalue weighted by Gasteiger charge is -2.05. The average Bonchev–Trinajstić information content (AvgIpc) is 2.15. The molecule has 5 heteroatoms. The molecule has 2 aromatic rings. The molecule has 4 nitrogen and oxygen atoms in total. The quantitative estimate of drug-likeness (QED) is 0.841. The maximum Gasteiger partial charge on any atom is 0.252 e. The third kappa shape index (κ3) is 2.61. The van der Waals surface area contributed by atoms with Crippen LogP contribution >= 0.6 is 11.6 Å². The second-order valence-electron chi connectivity index (χ2n) is 3.37. The first-order valence-electron chi connectivity index (χ1n) is 4.74. The first kappa shape index (κ1) is 10.7. The molecule has 0 spiro atoms. The Bertz CT molecular complexity index is 565. The molecule has 0 aliphatic heterocycles. The van der Waals surface area contributed by atoms with Crippen molar-refractivity contribution in [3.8, 4) is 0 Å². The van der Waals surface area contributed by atoms with Crippen LogP contribution in [0.4, 0.5) is 11.6 Å². The summed E-state index contributed by atoms with van der Waals surface area (Å²) in [6.07, 6.45) is 0. The summed E-state index contributed by atoms with van der Waals surface area (Å²) in [6, 6.07) is 8.62. The second kappa shape index (κ2) is 4.37. The van der Waals surface area contributed by atoms with Crippen molar-refractivity contribution in [1.29, 1.82) is 0 Å². The van der Waals surface area contributed by atoms with E-state index in [1.807, 2.05) is 12.1 Å². The fourth-order valence-electron chi connectivity index (χ4n) is 1.34. The van der Waals surface area contributed by atoms with Crippen LogP contribution in [0.3, 0.4) is 0 Å². The summed E-state index contributed by atoms with van der Waals surface area (Å²) in [5.41, 5.74) is 1.26. The van der Waals surface area contributed by atoms with Gasteiger partial charge in [0, 0.05) is 22.5 Å². The number of aryl methyl sites for hydroxylation is 1. The van der Waals surface area contributed by atoms with Crippen LogP contribution in [0.25, 0.3) is 0 Å². The molecule has 1 heterocycles. The molecule has 0 aliphatic rings. The van der Waals surface area contributed by atoms with Gasteiger partial charge in [0.05, 0.1) is 0 Å². The lowest BCUT2D eigenvalue weighted by molar-refractivity contribution is 1.07. The Kier molecular flexibility index (Phi) is 2.92. The molecular weight excluding hydrogens is 226 g/mol. The van der Waals surface area contributed by atoms with E-state index in [1.165, 1.54) is 6.07 Å². The fourth-order valence-corrected chi connectivity index (χ4v) is 1.53. The molecule has 0 saturated carbocycles. The number of nitrogens with one attached hydrogen (secondary N) is 2. The lowest BCUT2D eigenvalue weighted by Crippen LogP contribution is -2.10. The molecule has 0 aliphatic carbocycles. The number of benzene rings is 1. The minimum absolute atomic E-state index is 0.183. The van der Waals surface area contributed by atoms with Gasteiger partial charge in [0.1, 0.15) is 0 Å². The number of aromatic nitrogens is 2. The summed E-state index contributed by atoms with van der Waals surface area (Å²) in [6.45, 7) is 1.76. The summed E-state index contributed by atoms with van der Waals surface area (Å²) >= 11 is 5.84. The Labute approximate surface area is 97.3 Å². The largest absolute Gasteiger partial charge is 0.326 e. The van der Waals surface area contributed by atoms with Gasteiger partial charge in [0.15, 0.2) is 0 Å². The first-order chi connectivity index (χ1) is 7.63. The van der Waals surface area contributed by atoms with E-state index in [2.05, 4.69) is 15.3 Å². The van der Waals surface area contributed by atoms with Crippen LogP contribution in [-0.2, 0) is 0 Å². The van der Waals surface area contributed by atoms with E-state index < -0.39 is 0 Å². The molecule has 1 aromatic carbocycles. The van der Waals surface area contributed by atoms with E-state index in [0.29, 0.717) is 16.7 Å². The van der Waals surface area contributed by atoms with Crippen molar-refractivity contribution in [2.75, 3.05) is 5.32 Å². The third-order valence-corrected chi connectivity index (χ3v) is 2.19. The highest BCUT2D eigenvalue weighted by Gasteiger charge is 1.99. The molecule has 0 bridgehead atoms. The van der Waals surface area contributed by atoms with Gasteiger partial charge in [-0.05, 0) is 25.1 Å². The minimum Gasteiger partial charge on any atom is -0.326 e. The van der Waals surface area contributed by atoms with Crippen LogP contribution in [0.15, 0.2) is 35.1 Å². The first-order valence-corrected chi connectivity index (χ1v) is 5.12. The van der Waals surface area contributed by atoms with Gasteiger partial charge in [-0.1, -0.05) is 17.7 Å². The molecule has 1 aromatic heterocycles. The topological polar surface area (TPSA) is 57.8 Å². The van der Waals surface area contributed by atoms with E-state index >= 15 is 0 Å². The van der Waals surface area contributed by atoms with Gasteiger partial charge >= 0.3 is 0 Å². The number of hydrogen-bond acceptors (Lipinski definition) is 3. The van der Waals surface area contributed by atoms with Gasteiger partial charge in [-0.15, -0.1) is 0 Å². The third-order valence-electron chi connectivity index (χ3n) is 1.96. The number of rotatable bonds is 2. The van der Waals surface area contributed by atoms with Crippen LogP contribution < -0.4 is 10.9 Å². The van der Waals surface area contributed by atoms with Crippen molar-refractivity contribution in [3.05, 3.63) is 51.4 Å². The predicted octanol–water partition coefficient (Wildman–Crippen LogP) is 2.48. The molecule has 2 rings (SSSR count). The second-order valence-corrected chi connectivity index (χ2v) is 3.81. The molecule has 16 heavy (non-hydrogen) atoms. The zero-order valence-corrected chi connectivity index (χ0v) is 9.38. The standard InChI is InChI=1S/C11H10ClN3O/c1-7-5-10(16)15-11(13-7)14-9-4-2-3-8(12)6-9/h2-6H,1H3,(H2,13,14,15,16). The Morgan fingerprint density at radius 2 is 2.19 bits per heavy atom. The molecule has 0 fully saturated rings. The van der Waals surface area contributed by atoms with Gasteiger partial charge in [0.25, 0.3) is 5.56 Å². The highest BCUT2D eigenvalue weighted by Crippen LogP contribution is 2.17. The monoisotopic (exact) mass is 235 g/mol. The van der Waals surface area contributed by atoms with Crippen molar-refractivity contribution in [3.63, 3.8) is 0 Å². The summed E-state index contributed by atoms with van der Waals surface area (Å²) in [5, 5.41) is 3.60. The van der Waals surface area contributed by atoms with Crippen molar-refractivity contribution >= 4 is 23.2 Å². The lowest BCUT2D eigenvalue weighted by atomic mass is 10.3. The molecule has 0 amide bonds. The molecule has 0 saturated heterocycles. The summed E-state index contributed by atoms with van der Waals surface area (Å²) in [7, 11) is 0. The number of anilines is 2. The van der Waals surface area contributed by atoms with E-state index in [4.69, 9.17) is 11.6 Å². The number of hydrogen-bond donors (Lipinski definition) is 2. The van der Waals surface area contributed by atoms with Crippen LogP contribution in [-0.4, -0.2) is 9.97 Å². The predicted molar refractivity (Wildman–Crippen MR) is 64.3 cm³/mol. The maximum absolute atomic E-state index is 11.2. The van der Waals surface area contributed by atoms with Crippen LogP contribution in [0.1, 0.15) is 5.69 Å². The molecule has 0 atom stereocenters.